The van der Waals surface area contributed by atoms with Crippen LogP contribution in [0.3, 0.4) is 0 Å². The Balaban J connectivity index is 1.54. The quantitative estimate of drug-likeness (QED) is 0.792. The molecule has 3 rings (SSSR count). The van der Waals surface area contributed by atoms with Crippen LogP contribution in [-0.4, -0.2) is 57.3 Å². The van der Waals surface area contributed by atoms with E-state index in [1.165, 1.54) is 11.4 Å². The lowest BCUT2D eigenvalue weighted by atomic mass is 10.2. The molecule has 0 aliphatic carbocycles. The van der Waals surface area contributed by atoms with E-state index in [0.29, 0.717) is 0 Å². The fraction of sp³-hybridized carbons (Fsp3) is 0.435. The third-order valence-electron chi connectivity index (χ3n) is 5.77. The van der Waals surface area contributed by atoms with Crippen LogP contribution in [0.4, 0.5) is 21.9 Å². The van der Waals surface area contributed by atoms with Gasteiger partial charge in [0.2, 0.25) is 0 Å². The number of benzene rings is 2. The van der Waals surface area contributed by atoms with Crippen molar-refractivity contribution in [1.82, 2.24) is 4.90 Å². The van der Waals surface area contributed by atoms with Crippen molar-refractivity contribution in [1.29, 1.82) is 0 Å². The number of amides is 2. The lowest BCUT2D eigenvalue weighted by molar-refractivity contribution is 0.206. The maximum atomic E-state index is 12.3. The molecule has 1 unspecified atom stereocenters. The summed E-state index contributed by atoms with van der Waals surface area (Å²) in [5, 5.41) is 2.97. The first-order chi connectivity index (χ1) is 14.0. The van der Waals surface area contributed by atoms with Crippen molar-refractivity contribution in [3.8, 4) is 5.75 Å². The number of nitrogens with one attached hydrogen (secondary N) is 1. The zero-order valence-corrected chi connectivity index (χ0v) is 17.9. The van der Waals surface area contributed by atoms with Crippen LogP contribution in [0.25, 0.3) is 0 Å². The van der Waals surface area contributed by atoms with E-state index in [9.17, 15) is 4.79 Å². The molecule has 6 heteroatoms. The van der Waals surface area contributed by atoms with Crippen molar-refractivity contribution < 1.29 is 9.53 Å². The van der Waals surface area contributed by atoms with Crippen molar-refractivity contribution in [2.24, 2.45) is 0 Å². The topological polar surface area (TPSA) is 48.1 Å². The van der Waals surface area contributed by atoms with E-state index in [1.807, 2.05) is 38.2 Å². The largest absolute Gasteiger partial charge is 0.497 e. The summed E-state index contributed by atoms with van der Waals surface area (Å²) >= 11 is 0. The second kappa shape index (κ2) is 9.54. The summed E-state index contributed by atoms with van der Waals surface area (Å²) in [5.74, 6) is 0.884. The highest BCUT2D eigenvalue weighted by molar-refractivity contribution is 5.89. The van der Waals surface area contributed by atoms with Crippen LogP contribution in [0.2, 0.25) is 0 Å². The van der Waals surface area contributed by atoms with Crippen LogP contribution >= 0.6 is 0 Å². The van der Waals surface area contributed by atoms with Crippen molar-refractivity contribution in [3.05, 3.63) is 48.5 Å². The zero-order chi connectivity index (χ0) is 20.8. The monoisotopic (exact) mass is 396 g/mol. The van der Waals surface area contributed by atoms with Crippen LogP contribution in [-0.2, 0) is 0 Å². The average Bonchev–Trinajstić information content (AvgIpc) is 2.78. The van der Waals surface area contributed by atoms with Gasteiger partial charge < -0.3 is 24.8 Å². The number of piperazine rings is 1. The van der Waals surface area contributed by atoms with Gasteiger partial charge in [-0.05, 0) is 61.9 Å². The first kappa shape index (κ1) is 20.8. The minimum Gasteiger partial charge on any atom is -0.497 e. The second-order valence-corrected chi connectivity index (χ2v) is 7.52. The summed E-state index contributed by atoms with van der Waals surface area (Å²) < 4.78 is 5.24. The Morgan fingerprint density at radius 1 is 1.00 bits per heavy atom. The third-order valence-corrected chi connectivity index (χ3v) is 5.77. The van der Waals surface area contributed by atoms with Gasteiger partial charge in [-0.25, -0.2) is 4.79 Å². The molecule has 0 spiro atoms. The molecule has 156 valence electrons. The summed E-state index contributed by atoms with van der Waals surface area (Å²) in [6, 6.07) is 16.5. The molecule has 0 saturated carbocycles. The fourth-order valence-corrected chi connectivity index (χ4v) is 3.46. The van der Waals surface area contributed by atoms with Gasteiger partial charge in [0.25, 0.3) is 0 Å². The predicted molar refractivity (Wildman–Crippen MR) is 120 cm³/mol. The molecule has 0 radical (unpaired) electrons. The molecule has 1 aliphatic heterocycles. The van der Waals surface area contributed by atoms with Crippen LogP contribution < -0.4 is 19.9 Å². The second-order valence-electron chi connectivity index (χ2n) is 7.52. The van der Waals surface area contributed by atoms with Crippen LogP contribution in [0.5, 0.6) is 5.75 Å². The Hall–Kier alpha value is -2.89. The van der Waals surface area contributed by atoms with Gasteiger partial charge in [0.05, 0.1) is 7.11 Å². The maximum Gasteiger partial charge on any atom is 0.321 e. The van der Waals surface area contributed by atoms with E-state index in [2.05, 4.69) is 46.3 Å². The standard InChI is InChI=1S/C23H32N4O2/c1-5-18(2)25(3)23(28)24-19-6-8-20(9-7-19)26-14-16-27(17-15-26)21-10-12-22(29-4)13-11-21/h6-13,18H,5,14-17H2,1-4H3,(H,24,28). The number of ether oxygens (including phenoxy) is 1. The summed E-state index contributed by atoms with van der Waals surface area (Å²) in [5.41, 5.74) is 3.24. The molecular weight excluding hydrogens is 364 g/mol. The number of hydrogen-bond acceptors (Lipinski definition) is 4. The average molecular weight is 397 g/mol. The number of hydrogen-bond donors (Lipinski definition) is 1. The molecule has 2 amide bonds. The maximum absolute atomic E-state index is 12.3. The Labute approximate surface area is 174 Å². The number of nitrogens with zero attached hydrogens (tertiary/aromatic N) is 3. The highest BCUT2D eigenvalue weighted by atomic mass is 16.5. The van der Waals surface area contributed by atoms with E-state index in [-0.39, 0.29) is 12.1 Å². The highest BCUT2D eigenvalue weighted by Crippen LogP contribution is 2.24. The lowest BCUT2D eigenvalue weighted by Gasteiger charge is -2.37. The highest BCUT2D eigenvalue weighted by Gasteiger charge is 2.18. The minimum absolute atomic E-state index is 0.0693. The van der Waals surface area contributed by atoms with Crippen molar-refractivity contribution in [3.63, 3.8) is 0 Å². The molecule has 1 atom stereocenters. The Morgan fingerprint density at radius 3 is 1.93 bits per heavy atom. The molecular formula is C23H32N4O2. The number of rotatable bonds is 6. The van der Waals surface area contributed by atoms with Gasteiger partial charge in [0, 0.05) is 56.3 Å². The number of carbonyl (C=O) groups is 1. The molecule has 6 nitrogen and oxygen atoms in total. The van der Waals surface area contributed by atoms with Crippen molar-refractivity contribution in [2.75, 3.05) is 55.5 Å². The summed E-state index contributed by atoms with van der Waals surface area (Å²) in [7, 11) is 3.52. The normalized spacial score (nSPS) is 15.0. The van der Waals surface area contributed by atoms with Crippen LogP contribution in [0.1, 0.15) is 20.3 Å². The number of anilines is 3. The molecule has 1 aliphatic rings. The number of methoxy groups -OCH3 is 1. The Kier molecular flexibility index (Phi) is 6.86. The molecule has 1 fully saturated rings. The molecule has 2 aromatic rings. The van der Waals surface area contributed by atoms with E-state index in [4.69, 9.17) is 4.74 Å². The lowest BCUT2D eigenvalue weighted by Crippen LogP contribution is -2.46. The first-order valence-electron chi connectivity index (χ1n) is 10.3. The summed E-state index contributed by atoms with van der Waals surface area (Å²) in [6.07, 6.45) is 0.936. The van der Waals surface area contributed by atoms with Gasteiger partial charge >= 0.3 is 6.03 Å². The van der Waals surface area contributed by atoms with E-state index in [0.717, 1.165) is 44.0 Å². The van der Waals surface area contributed by atoms with Gasteiger partial charge in [-0.1, -0.05) is 6.92 Å². The SMILES string of the molecule is CCC(C)N(C)C(=O)Nc1ccc(N2CCN(c3ccc(OC)cc3)CC2)cc1. The Morgan fingerprint density at radius 2 is 1.48 bits per heavy atom. The Bertz CT molecular complexity index is 784. The summed E-state index contributed by atoms with van der Waals surface area (Å²) in [6.45, 7) is 8.02. The molecule has 29 heavy (non-hydrogen) atoms. The van der Waals surface area contributed by atoms with Gasteiger partial charge in [-0.15, -0.1) is 0 Å². The van der Waals surface area contributed by atoms with Gasteiger partial charge in [-0.3, -0.25) is 0 Å². The van der Waals surface area contributed by atoms with Gasteiger partial charge in [-0.2, -0.15) is 0 Å². The van der Waals surface area contributed by atoms with Crippen molar-refractivity contribution >= 4 is 23.1 Å². The molecule has 1 saturated heterocycles. The molecule has 2 aromatic carbocycles. The first-order valence-corrected chi connectivity index (χ1v) is 10.3. The van der Waals surface area contributed by atoms with E-state index in [1.54, 1.807) is 12.0 Å². The van der Waals surface area contributed by atoms with Crippen LogP contribution in [0, 0.1) is 0 Å². The molecule has 1 heterocycles. The predicted octanol–water partition coefficient (Wildman–Crippen LogP) is 4.28. The molecule has 1 N–H and O–H groups in total. The number of urea groups is 1. The molecule has 0 aromatic heterocycles. The number of carbonyl (C=O) groups excluding carboxylic acids is 1. The zero-order valence-electron chi connectivity index (χ0n) is 17.9. The molecule has 0 bridgehead atoms. The van der Waals surface area contributed by atoms with Crippen LogP contribution in [0.15, 0.2) is 48.5 Å². The summed E-state index contributed by atoms with van der Waals surface area (Å²) in [4.78, 5) is 18.8. The smallest absolute Gasteiger partial charge is 0.321 e. The fourth-order valence-electron chi connectivity index (χ4n) is 3.46. The third kappa shape index (κ3) is 5.13. The van der Waals surface area contributed by atoms with E-state index >= 15 is 0 Å². The van der Waals surface area contributed by atoms with Gasteiger partial charge in [0.1, 0.15) is 5.75 Å². The van der Waals surface area contributed by atoms with Crippen molar-refractivity contribution in [2.45, 2.75) is 26.3 Å². The minimum atomic E-state index is -0.0693. The van der Waals surface area contributed by atoms with E-state index < -0.39 is 0 Å². The van der Waals surface area contributed by atoms with Gasteiger partial charge in [0.15, 0.2) is 0 Å².